The summed E-state index contributed by atoms with van der Waals surface area (Å²) >= 11 is 0. The summed E-state index contributed by atoms with van der Waals surface area (Å²) in [6, 6.07) is 9.35. The van der Waals surface area contributed by atoms with Gasteiger partial charge in [0.05, 0.1) is 36.4 Å². The third-order valence-electron chi connectivity index (χ3n) is 8.76. The zero-order chi connectivity index (χ0) is 36.0. The number of hydrogen-bond acceptors (Lipinski definition) is 18. The van der Waals surface area contributed by atoms with Crippen molar-refractivity contribution in [1.82, 2.24) is 30.0 Å². The number of aliphatic hydroxyl groups excluding tert-OH is 8. The Kier molecular flexibility index (Phi) is 9.69. The summed E-state index contributed by atoms with van der Waals surface area (Å²) in [5, 5.41) is 96.2. The second-order valence-corrected chi connectivity index (χ2v) is 12.1. The van der Waals surface area contributed by atoms with Crippen LogP contribution < -0.4 is 14.9 Å². The molecular formula is C31H34N6O14. The summed E-state index contributed by atoms with van der Waals surface area (Å²) < 4.78 is 31.0. The van der Waals surface area contributed by atoms with Crippen LogP contribution in [0.2, 0.25) is 0 Å². The number of rotatable bonds is 10. The normalized spacial score (nSPS) is 29.8. The Morgan fingerprint density at radius 2 is 1.06 bits per heavy atom. The fourth-order valence-corrected chi connectivity index (χ4v) is 5.92. The van der Waals surface area contributed by atoms with E-state index in [1.165, 1.54) is 24.5 Å². The van der Waals surface area contributed by atoms with Crippen LogP contribution in [0.1, 0.15) is 23.8 Å². The lowest BCUT2D eigenvalue weighted by atomic mass is 9.98. The number of fused-ring (bicyclic) bond motifs is 2. The van der Waals surface area contributed by atoms with Gasteiger partial charge in [0.15, 0.2) is 12.5 Å². The van der Waals surface area contributed by atoms with Gasteiger partial charge < -0.3 is 64.2 Å². The molecule has 2 aliphatic heterocycles. The molecule has 0 bridgehead atoms. The molecule has 10 atom stereocenters. The highest BCUT2D eigenvalue weighted by atomic mass is 16.6. The lowest BCUT2D eigenvalue weighted by molar-refractivity contribution is -0.254. The van der Waals surface area contributed by atoms with Gasteiger partial charge in [-0.1, -0.05) is 10.4 Å². The molecule has 272 valence electrons. The largest absolute Gasteiger partial charge is 0.487 e. The molecule has 0 unspecified atom stereocenters. The smallest absolute Gasteiger partial charge is 0.200 e. The van der Waals surface area contributed by atoms with E-state index in [1.54, 1.807) is 24.3 Å². The first-order valence-corrected chi connectivity index (χ1v) is 15.7. The molecule has 51 heavy (non-hydrogen) atoms. The lowest BCUT2D eigenvalue weighted by Gasteiger charge is -2.39. The zero-order valence-corrected chi connectivity index (χ0v) is 26.4. The SMILES string of the molecule is O=c1c2ccc(OCc3cn([C@@H]4O[C@H](CO)[C@@H](O)[C@H](O)[C@H]4O)nn3)cc2oc2cc(OCc3cn([C@@H]4O[C@H](CO)[C@@H](O)[C@H](O)[C@H]4O)nn3)ccc12. The number of benzene rings is 2. The Bertz CT molecular complexity index is 1910. The predicted octanol–water partition coefficient (Wildman–Crippen LogP) is -2.77. The predicted molar refractivity (Wildman–Crippen MR) is 167 cm³/mol. The molecule has 8 N–H and O–H groups in total. The van der Waals surface area contributed by atoms with Crippen molar-refractivity contribution in [1.29, 1.82) is 0 Å². The molecule has 0 aliphatic carbocycles. The molecule has 3 aromatic heterocycles. The molecule has 2 aliphatic rings. The molecule has 0 spiro atoms. The van der Waals surface area contributed by atoms with Gasteiger partial charge in [-0.15, -0.1) is 10.2 Å². The van der Waals surface area contributed by atoms with E-state index in [2.05, 4.69) is 20.6 Å². The van der Waals surface area contributed by atoms with E-state index in [4.69, 9.17) is 23.4 Å². The zero-order valence-electron chi connectivity index (χ0n) is 26.4. The summed E-state index contributed by atoms with van der Waals surface area (Å²) in [6.45, 7) is -1.34. The summed E-state index contributed by atoms with van der Waals surface area (Å²) in [5.41, 5.74) is 0.822. The first-order chi connectivity index (χ1) is 24.6. The van der Waals surface area contributed by atoms with Crippen LogP contribution in [0, 0.1) is 0 Å². The Labute approximate surface area is 285 Å². The average molecular weight is 715 g/mol. The van der Waals surface area contributed by atoms with Crippen LogP contribution in [0.4, 0.5) is 0 Å². The second kappa shape index (κ2) is 14.2. The topological polar surface area (TPSA) is 290 Å². The van der Waals surface area contributed by atoms with Gasteiger partial charge in [0.25, 0.3) is 0 Å². The summed E-state index contributed by atoms with van der Waals surface area (Å²) in [6.07, 6.45) is -11.1. The maximum absolute atomic E-state index is 13.3. The Balaban J connectivity index is 1.02. The monoisotopic (exact) mass is 714 g/mol. The highest BCUT2D eigenvalue weighted by molar-refractivity contribution is 5.90. The molecule has 2 fully saturated rings. The van der Waals surface area contributed by atoms with Crippen molar-refractivity contribution < 1.29 is 64.2 Å². The minimum Gasteiger partial charge on any atom is -0.487 e. The van der Waals surface area contributed by atoms with Crippen molar-refractivity contribution in [2.24, 2.45) is 0 Å². The molecule has 5 aromatic rings. The lowest BCUT2D eigenvalue weighted by Crippen LogP contribution is -2.56. The van der Waals surface area contributed by atoms with Crippen molar-refractivity contribution in [2.45, 2.75) is 74.5 Å². The number of aromatic nitrogens is 6. The van der Waals surface area contributed by atoms with Gasteiger partial charge in [0.1, 0.15) is 96.1 Å². The number of nitrogens with zero attached hydrogens (tertiary/aromatic N) is 6. The molecule has 0 saturated carbocycles. The van der Waals surface area contributed by atoms with E-state index in [0.29, 0.717) is 33.7 Å². The van der Waals surface area contributed by atoms with Crippen LogP contribution in [0.3, 0.4) is 0 Å². The summed E-state index contributed by atoms with van der Waals surface area (Å²) in [7, 11) is 0. The standard InChI is InChI=1S/C31H34N6O14/c38-9-21-24(41)26(43)28(45)30(50-21)36-7-13(32-34-36)11-47-15-1-3-17-19(5-15)49-20-6-16(2-4-18(20)23(17)40)48-12-14-8-37(35-33-14)31-29(46)27(44)25(42)22(10-39)51-31/h1-8,21-22,24-31,38-39,41-46H,9-12H2/t21-,22-,24-,25-,26+,27+,28-,29-,30-,31-/m1/s1. The van der Waals surface area contributed by atoms with Crippen molar-refractivity contribution in [3.63, 3.8) is 0 Å². The van der Waals surface area contributed by atoms with E-state index in [9.17, 15) is 45.6 Å². The molecule has 2 saturated heterocycles. The highest BCUT2D eigenvalue weighted by Gasteiger charge is 2.46. The van der Waals surface area contributed by atoms with Crippen molar-refractivity contribution >= 4 is 21.9 Å². The molecule has 0 amide bonds. The quantitative estimate of drug-likeness (QED) is 0.0679. The molecule has 20 heteroatoms. The van der Waals surface area contributed by atoms with Crippen LogP contribution in [-0.4, -0.2) is 133 Å². The maximum Gasteiger partial charge on any atom is 0.200 e. The van der Waals surface area contributed by atoms with Crippen LogP contribution >= 0.6 is 0 Å². The van der Waals surface area contributed by atoms with Gasteiger partial charge in [-0.25, -0.2) is 9.36 Å². The third-order valence-corrected chi connectivity index (χ3v) is 8.76. The minimum absolute atomic E-state index is 0.0836. The van der Waals surface area contributed by atoms with E-state index in [0.717, 1.165) is 9.36 Å². The van der Waals surface area contributed by atoms with Gasteiger partial charge in [-0.05, 0) is 24.3 Å². The molecule has 7 rings (SSSR count). The Morgan fingerprint density at radius 1 is 0.627 bits per heavy atom. The van der Waals surface area contributed by atoms with Gasteiger partial charge in [-0.2, -0.15) is 0 Å². The molecular weight excluding hydrogens is 680 g/mol. The molecule has 20 nitrogen and oxygen atoms in total. The maximum atomic E-state index is 13.3. The van der Waals surface area contributed by atoms with Gasteiger partial charge >= 0.3 is 0 Å². The molecule has 5 heterocycles. The molecule has 2 aromatic carbocycles. The van der Waals surface area contributed by atoms with Crippen LogP contribution in [0.25, 0.3) is 21.9 Å². The van der Waals surface area contributed by atoms with E-state index in [1.807, 2.05) is 0 Å². The number of ether oxygens (including phenoxy) is 4. The van der Waals surface area contributed by atoms with Gasteiger partial charge in [-0.3, -0.25) is 4.79 Å². The number of aliphatic hydroxyl groups is 8. The van der Waals surface area contributed by atoms with E-state index >= 15 is 0 Å². The summed E-state index contributed by atoms with van der Waals surface area (Å²) in [4.78, 5) is 13.3. The van der Waals surface area contributed by atoms with E-state index in [-0.39, 0.29) is 29.8 Å². The van der Waals surface area contributed by atoms with Gasteiger partial charge in [0, 0.05) is 12.1 Å². The minimum atomic E-state index is -1.58. The van der Waals surface area contributed by atoms with Gasteiger partial charge in [0.2, 0.25) is 5.43 Å². The van der Waals surface area contributed by atoms with Crippen molar-refractivity contribution in [3.8, 4) is 11.5 Å². The van der Waals surface area contributed by atoms with E-state index < -0.39 is 74.5 Å². The van der Waals surface area contributed by atoms with Crippen LogP contribution in [0.5, 0.6) is 11.5 Å². The first-order valence-electron chi connectivity index (χ1n) is 15.7. The average Bonchev–Trinajstić information content (AvgIpc) is 3.81. The third kappa shape index (κ3) is 6.65. The first kappa shape index (κ1) is 34.8. The van der Waals surface area contributed by atoms with Crippen molar-refractivity contribution in [3.05, 3.63) is 70.4 Å². The second-order valence-electron chi connectivity index (χ2n) is 12.1. The van der Waals surface area contributed by atoms with Crippen molar-refractivity contribution in [2.75, 3.05) is 13.2 Å². The highest BCUT2D eigenvalue weighted by Crippen LogP contribution is 2.30. The van der Waals surface area contributed by atoms with Crippen LogP contribution in [0.15, 0.2) is 58.0 Å². The summed E-state index contributed by atoms with van der Waals surface area (Å²) in [5.74, 6) is 0.671. The Hall–Kier alpha value is -4.61. The fraction of sp³-hybridized carbons (Fsp3) is 0.452. The van der Waals surface area contributed by atoms with Crippen LogP contribution in [-0.2, 0) is 22.7 Å². The Morgan fingerprint density at radius 3 is 1.47 bits per heavy atom. The fourth-order valence-electron chi connectivity index (χ4n) is 5.92. The number of hydrogen-bond donors (Lipinski definition) is 8. The molecule has 0 radical (unpaired) electrons.